The van der Waals surface area contributed by atoms with Crippen molar-refractivity contribution in [2.24, 2.45) is 0 Å². The first-order chi connectivity index (χ1) is 11.5. The van der Waals surface area contributed by atoms with Gasteiger partial charge in [-0.25, -0.2) is 0 Å². The third-order valence-electron chi connectivity index (χ3n) is 4.70. The minimum absolute atomic E-state index is 0.0579. The lowest BCUT2D eigenvalue weighted by Crippen LogP contribution is -2.34. The highest BCUT2D eigenvalue weighted by molar-refractivity contribution is 5.76. The molecule has 0 unspecified atom stereocenters. The predicted octanol–water partition coefficient (Wildman–Crippen LogP) is 3.05. The van der Waals surface area contributed by atoms with Crippen molar-refractivity contribution in [2.75, 3.05) is 0 Å². The van der Waals surface area contributed by atoms with Gasteiger partial charge in [0, 0.05) is 37.8 Å². The van der Waals surface area contributed by atoms with Crippen LogP contribution < -0.4 is 5.56 Å². The van der Waals surface area contributed by atoms with Crippen LogP contribution in [0.1, 0.15) is 36.0 Å². The lowest BCUT2D eigenvalue weighted by molar-refractivity contribution is -0.132. The Morgan fingerprint density at radius 1 is 1.17 bits per heavy atom. The Balaban J connectivity index is 1.66. The Hall–Kier alpha value is -2.36. The summed E-state index contributed by atoms with van der Waals surface area (Å²) in [7, 11) is 0. The number of benzene rings is 1. The number of hydrogen-bond acceptors (Lipinski definition) is 2. The number of aryl methyl sites for hydroxylation is 3. The van der Waals surface area contributed by atoms with Crippen molar-refractivity contribution in [3.05, 3.63) is 69.6 Å². The van der Waals surface area contributed by atoms with Crippen molar-refractivity contribution in [2.45, 2.75) is 52.2 Å². The van der Waals surface area contributed by atoms with Crippen molar-refractivity contribution in [3.8, 4) is 0 Å². The molecule has 4 heteroatoms. The van der Waals surface area contributed by atoms with Crippen LogP contribution in [0.5, 0.6) is 0 Å². The standard InChI is InChI=1S/C20H24N2O2/c1-15-6-7-17(13-16(15)2)14-22(18-8-9-18)20(24)10-12-21-11-4-3-5-19(21)23/h3-7,11,13,18H,8-10,12,14H2,1-2H3. The molecule has 1 aromatic heterocycles. The van der Waals surface area contributed by atoms with E-state index in [1.807, 2.05) is 11.0 Å². The fourth-order valence-corrected chi connectivity index (χ4v) is 2.91. The molecular formula is C20H24N2O2. The van der Waals surface area contributed by atoms with Crippen LogP contribution in [0.3, 0.4) is 0 Å². The van der Waals surface area contributed by atoms with Crippen LogP contribution in [-0.4, -0.2) is 21.4 Å². The van der Waals surface area contributed by atoms with Gasteiger partial charge in [-0.3, -0.25) is 9.59 Å². The third-order valence-corrected chi connectivity index (χ3v) is 4.70. The quantitative estimate of drug-likeness (QED) is 0.819. The predicted molar refractivity (Wildman–Crippen MR) is 94.8 cm³/mol. The van der Waals surface area contributed by atoms with Crippen molar-refractivity contribution in [3.63, 3.8) is 0 Å². The molecule has 1 amide bonds. The second-order valence-corrected chi connectivity index (χ2v) is 6.65. The Morgan fingerprint density at radius 3 is 2.62 bits per heavy atom. The van der Waals surface area contributed by atoms with Crippen LogP contribution in [0.2, 0.25) is 0 Å². The first-order valence-corrected chi connectivity index (χ1v) is 8.55. The van der Waals surface area contributed by atoms with Crippen LogP contribution >= 0.6 is 0 Å². The minimum Gasteiger partial charge on any atom is -0.335 e. The van der Waals surface area contributed by atoms with Gasteiger partial charge in [-0.15, -0.1) is 0 Å². The van der Waals surface area contributed by atoms with Gasteiger partial charge in [0.2, 0.25) is 5.91 Å². The summed E-state index contributed by atoms with van der Waals surface area (Å²) < 4.78 is 1.60. The van der Waals surface area contributed by atoms with Crippen LogP contribution in [-0.2, 0) is 17.9 Å². The van der Waals surface area contributed by atoms with Gasteiger partial charge in [0.05, 0.1) is 0 Å². The summed E-state index contributed by atoms with van der Waals surface area (Å²) in [6, 6.07) is 11.8. The van der Waals surface area contributed by atoms with Crippen molar-refractivity contribution >= 4 is 5.91 Å². The average molecular weight is 324 g/mol. The van der Waals surface area contributed by atoms with E-state index in [9.17, 15) is 9.59 Å². The zero-order chi connectivity index (χ0) is 17.1. The Kier molecular flexibility index (Phi) is 4.84. The molecule has 0 atom stereocenters. The van der Waals surface area contributed by atoms with Gasteiger partial charge in [-0.2, -0.15) is 0 Å². The SMILES string of the molecule is Cc1ccc(CN(C(=O)CCn2ccccc2=O)C2CC2)cc1C. The van der Waals surface area contributed by atoms with E-state index in [1.54, 1.807) is 16.8 Å². The van der Waals surface area contributed by atoms with E-state index in [0.717, 1.165) is 12.8 Å². The largest absolute Gasteiger partial charge is 0.335 e. The van der Waals surface area contributed by atoms with E-state index in [1.165, 1.54) is 22.8 Å². The highest BCUT2D eigenvalue weighted by Crippen LogP contribution is 2.29. The maximum atomic E-state index is 12.7. The van der Waals surface area contributed by atoms with E-state index in [-0.39, 0.29) is 11.5 Å². The van der Waals surface area contributed by atoms with Crippen molar-refractivity contribution in [1.29, 1.82) is 0 Å². The summed E-state index contributed by atoms with van der Waals surface area (Å²) in [6.45, 7) is 5.30. The molecule has 0 saturated heterocycles. The highest BCUT2D eigenvalue weighted by Gasteiger charge is 2.32. The zero-order valence-corrected chi connectivity index (χ0v) is 14.4. The monoisotopic (exact) mass is 324 g/mol. The van der Waals surface area contributed by atoms with Gasteiger partial charge in [0.15, 0.2) is 0 Å². The number of nitrogens with zero attached hydrogens (tertiary/aromatic N) is 2. The maximum absolute atomic E-state index is 12.7. The molecule has 0 spiro atoms. The van der Waals surface area contributed by atoms with Crippen molar-refractivity contribution < 1.29 is 4.79 Å². The summed E-state index contributed by atoms with van der Waals surface area (Å²) in [5, 5.41) is 0. The van der Waals surface area contributed by atoms with E-state index in [2.05, 4.69) is 32.0 Å². The summed E-state index contributed by atoms with van der Waals surface area (Å²) in [6.07, 6.45) is 4.27. The maximum Gasteiger partial charge on any atom is 0.250 e. The van der Waals surface area contributed by atoms with Gasteiger partial charge in [-0.1, -0.05) is 24.3 Å². The molecular weight excluding hydrogens is 300 g/mol. The summed E-state index contributed by atoms with van der Waals surface area (Å²) >= 11 is 0. The molecule has 1 aromatic carbocycles. The Morgan fingerprint density at radius 2 is 1.96 bits per heavy atom. The number of hydrogen-bond donors (Lipinski definition) is 0. The second kappa shape index (κ2) is 7.04. The summed E-state index contributed by atoms with van der Waals surface area (Å²) in [5.41, 5.74) is 3.64. The van der Waals surface area contributed by atoms with Crippen LogP contribution in [0.4, 0.5) is 0 Å². The van der Waals surface area contributed by atoms with Crippen LogP contribution in [0, 0.1) is 13.8 Å². The first-order valence-electron chi connectivity index (χ1n) is 8.55. The van der Waals surface area contributed by atoms with Gasteiger partial charge in [0.25, 0.3) is 5.56 Å². The van der Waals surface area contributed by atoms with Gasteiger partial charge < -0.3 is 9.47 Å². The fourth-order valence-electron chi connectivity index (χ4n) is 2.91. The minimum atomic E-state index is -0.0579. The third kappa shape index (κ3) is 3.94. The topological polar surface area (TPSA) is 42.3 Å². The second-order valence-electron chi connectivity index (χ2n) is 6.65. The smallest absolute Gasteiger partial charge is 0.250 e. The first kappa shape index (κ1) is 16.5. The molecule has 0 aliphatic heterocycles. The molecule has 3 rings (SSSR count). The normalized spacial score (nSPS) is 13.8. The van der Waals surface area contributed by atoms with Crippen molar-refractivity contribution in [1.82, 2.24) is 9.47 Å². The molecule has 1 aliphatic carbocycles. The lowest BCUT2D eigenvalue weighted by atomic mass is 10.1. The molecule has 1 aliphatic rings. The Labute approximate surface area is 142 Å². The summed E-state index contributed by atoms with van der Waals surface area (Å²) in [5.74, 6) is 0.131. The highest BCUT2D eigenvalue weighted by atomic mass is 16.2. The average Bonchev–Trinajstić information content (AvgIpc) is 3.39. The molecule has 1 fully saturated rings. The van der Waals surface area contributed by atoms with Gasteiger partial charge >= 0.3 is 0 Å². The molecule has 0 bridgehead atoms. The number of amides is 1. The molecule has 0 N–H and O–H groups in total. The molecule has 0 radical (unpaired) electrons. The summed E-state index contributed by atoms with van der Waals surface area (Å²) in [4.78, 5) is 26.4. The zero-order valence-electron chi connectivity index (χ0n) is 14.4. The fraction of sp³-hybridized carbons (Fsp3) is 0.400. The number of pyridine rings is 1. The molecule has 1 heterocycles. The van der Waals surface area contributed by atoms with Crippen LogP contribution in [0.25, 0.3) is 0 Å². The van der Waals surface area contributed by atoms with E-state index >= 15 is 0 Å². The number of aromatic nitrogens is 1. The van der Waals surface area contributed by atoms with Crippen LogP contribution in [0.15, 0.2) is 47.4 Å². The number of carbonyl (C=O) groups excluding carboxylic acids is 1. The van der Waals surface area contributed by atoms with E-state index in [4.69, 9.17) is 0 Å². The number of rotatable bonds is 6. The van der Waals surface area contributed by atoms with Gasteiger partial charge in [0.1, 0.15) is 0 Å². The molecule has 24 heavy (non-hydrogen) atoms. The molecule has 126 valence electrons. The number of carbonyl (C=O) groups is 1. The lowest BCUT2D eigenvalue weighted by Gasteiger charge is -2.23. The van der Waals surface area contributed by atoms with E-state index < -0.39 is 0 Å². The molecule has 4 nitrogen and oxygen atoms in total. The van der Waals surface area contributed by atoms with E-state index in [0.29, 0.717) is 25.6 Å². The Bertz CT molecular complexity index is 790. The molecule has 2 aromatic rings. The van der Waals surface area contributed by atoms with Gasteiger partial charge in [-0.05, 0) is 49.4 Å². The molecule has 1 saturated carbocycles.